The number of nitrogens with zero attached hydrogens (tertiary/aromatic N) is 1. The number of amides is 2. The van der Waals surface area contributed by atoms with Gasteiger partial charge in [0, 0.05) is 24.2 Å². The first-order valence-electron chi connectivity index (χ1n) is 11.7. The second-order valence-corrected chi connectivity index (χ2v) is 10.6. The largest absolute Gasteiger partial charge is 0.484 e. The molecule has 1 heterocycles. The smallest absolute Gasteiger partial charge is 0.258 e. The quantitative estimate of drug-likeness (QED) is 0.569. The van der Waals surface area contributed by atoms with Crippen molar-refractivity contribution in [1.82, 2.24) is 10.2 Å². The van der Waals surface area contributed by atoms with Crippen LogP contribution in [0.3, 0.4) is 0 Å². The molecule has 36 heavy (non-hydrogen) atoms. The van der Waals surface area contributed by atoms with E-state index in [0.717, 1.165) is 6.07 Å². The predicted molar refractivity (Wildman–Crippen MR) is 131 cm³/mol. The lowest BCUT2D eigenvalue weighted by Crippen LogP contribution is -2.70. The Morgan fingerprint density at radius 3 is 2.39 bits per heavy atom. The third kappa shape index (κ3) is 4.46. The number of carbonyl (C=O) groups excluding carboxylic acids is 2. The number of rotatable bonds is 6. The zero-order valence-electron chi connectivity index (χ0n) is 19.2. The van der Waals surface area contributed by atoms with Crippen molar-refractivity contribution in [2.45, 2.75) is 49.3 Å². The fourth-order valence-electron chi connectivity index (χ4n) is 5.66. The fraction of sp³-hybridized carbons (Fsp3) is 0.385. The number of nitrogens with one attached hydrogen (secondary N) is 1. The van der Waals surface area contributed by atoms with Gasteiger partial charge >= 0.3 is 0 Å². The first-order chi connectivity index (χ1) is 17.1. The number of halogens is 4. The highest BCUT2D eigenvalue weighted by Gasteiger charge is 2.58. The molecule has 1 aliphatic heterocycles. The molecule has 2 aromatic carbocycles. The Balaban J connectivity index is 1.22. The lowest BCUT2D eigenvalue weighted by Gasteiger charge is -2.59. The molecule has 3 aliphatic carbocycles. The Bertz CT molecular complexity index is 1260. The summed E-state index contributed by atoms with van der Waals surface area (Å²) in [6.45, 7) is -0.0201. The average molecular weight is 537 g/mol. The number of benzene rings is 2. The highest BCUT2D eigenvalue weighted by molar-refractivity contribution is 6.31. The monoisotopic (exact) mass is 536 g/mol. The lowest BCUT2D eigenvalue weighted by atomic mass is 9.59. The molecule has 0 radical (unpaired) electrons. The number of fused-ring (bicyclic) bond motifs is 3. The molecule has 0 saturated heterocycles. The molecule has 0 spiro atoms. The minimum atomic E-state index is -0.859. The Morgan fingerprint density at radius 2 is 1.75 bits per heavy atom. The molecular weight excluding hydrogens is 513 g/mol. The number of hydrogen-bond donors (Lipinski definition) is 2. The molecule has 2 bridgehead atoms. The van der Waals surface area contributed by atoms with Gasteiger partial charge in [0.2, 0.25) is 5.91 Å². The Labute approximate surface area is 216 Å². The number of carbonyl (C=O) groups is 2. The van der Waals surface area contributed by atoms with Crippen LogP contribution < -0.4 is 10.1 Å². The fourth-order valence-corrected chi connectivity index (χ4v) is 5.90. The van der Waals surface area contributed by atoms with Gasteiger partial charge in [-0.05, 0) is 67.5 Å². The average Bonchev–Trinajstić information content (AvgIpc) is 3.25. The van der Waals surface area contributed by atoms with Gasteiger partial charge in [-0.2, -0.15) is 0 Å². The maximum Gasteiger partial charge on any atom is 0.258 e. The van der Waals surface area contributed by atoms with Crippen LogP contribution >= 0.6 is 23.2 Å². The summed E-state index contributed by atoms with van der Waals surface area (Å²) in [5.41, 5.74) is -0.0561. The molecule has 2 aromatic rings. The SMILES string of the molecule is O=C(COc1ccc(Cl)c(F)c1)NC12CCC(N3CC(c4ccc(Cl)c(F)c4)=CC3=O)(CC1)C[C@@H]2O. The third-order valence-corrected chi connectivity index (χ3v) is 8.30. The van der Waals surface area contributed by atoms with Gasteiger partial charge in [0.25, 0.3) is 5.91 Å². The Morgan fingerprint density at radius 1 is 1.08 bits per heavy atom. The van der Waals surface area contributed by atoms with Crippen LogP contribution in [0.4, 0.5) is 8.78 Å². The van der Waals surface area contributed by atoms with Crippen LogP contribution in [0.15, 0.2) is 42.5 Å². The van der Waals surface area contributed by atoms with Gasteiger partial charge in [-0.25, -0.2) is 8.78 Å². The first kappa shape index (κ1) is 25.0. The zero-order chi connectivity index (χ0) is 25.7. The van der Waals surface area contributed by atoms with Gasteiger partial charge in [0.1, 0.15) is 17.4 Å². The van der Waals surface area contributed by atoms with E-state index in [-0.39, 0.29) is 28.3 Å². The topological polar surface area (TPSA) is 78.9 Å². The van der Waals surface area contributed by atoms with Crippen LogP contribution in [-0.2, 0) is 9.59 Å². The molecule has 4 aliphatic rings. The molecule has 6 nitrogen and oxygen atoms in total. The van der Waals surface area contributed by atoms with E-state index in [2.05, 4.69) is 5.32 Å². The molecular formula is C26H24Cl2F2N2O4. The van der Waals surface area contributed by atoms with Crippen molar-refractivity contribution in [3.63, 3.8) is 0 Å². The van der Waals surface area contributed by atoms with Crippen molar-refractivity contribution in [3.05, 3.63) is 69.7 Å². The molecule has 2 amide bonds. The second kappa shape index (κ2) is 9.32. The summed E-state index contributed by atoms with van der Waals surface area (Å²) >= 11 is 11.4. The van der Waals surface area contributed by atoms with Crippen LogP contribution in [0.1, 0.15) is 37.7 Å². The van der Waals surface area contributed by atoms with E-state index in [1.165, 1.54) is 30.3 Å². The molecule has 1 atom stereocenters. The first-order valence-corrected chi connectivity index (χ1v) is 12.4. The van der Waals surface area contributed by atoms with Gasteiger partial charge in [-0.15, -0.1) is 0 Å². The van der Waals surface area contributed by atoms with Gasteiger partial charge < -0.3 is 20.1 Å². The maximum atomic E-state index is 14.0. The van der Waals surface area contributed by atoms with E-state index in [1.54, 1.807) is 11.0 Å². The summed E-state index contributed by atoms with van der Waals surface area (Å²) in [5, 5.41) is 14.0. The van der Waals surface area contributed by atoms with Crippen LogP contribution in [-0.4, -0.2) is 52.2 Å². The van der Waals surface area contributed by atoms with Crippen LogP contribution in [0, 0.1) is 11.6 Å². The van der Waals surface area contributed by atoms with Crippen molar-refractivity contribution in [1.29, 1.82) is 0 Å². The minimum absolute atomic E-state index is 0.0194. The number of ether oxygens (including phenoxy) is 1. The molecule has 6 rings (SSSR count). The Hall–Kier alpha value is -2.68. The summed E-state index contributed by atoms with van der Waals surface area (Å²) in [7, 11) is 0. The summed E-state index contributed by atoms with van der Waals surface area (Å²) < 4.78 is 32.9. The zero-order valence-corrected chi connectivity index (χ0v) is 20.7. The van der Waals surface area contributed by atoms with Crippen LogP contribution in [0.2, 0.25) is 10.0 Å². The normalized spacial score (nSPS) is 27.2. The van der Waals surface area contributed by atoms with E-state index in [1.807, 2.05) is 0 Å². The number of aliphatic hydroxyl groups excluding tert-OH is 1. The molecule has 3 saturated carbocycles. The lowest BCUT2D eigenvalue weighted by molar-refractivity contribution is -0.149. The van der Waals surface area contributed by atoms with Crippen molar-refractivity contribution >= 4 is 40.6 Å². The number of hydrogen-bond acceptors (Lipinski definition) is 4. The van der Waals surface area contributed by atoms with Crippen molar-refractivity contribution in [3.8, 4) is 5.75 Å². The predicted octanol–water partition coefficient (Wildman–Crippen LogP) is 4.51. The van der Waals surface area contributed by atoms with E-state index in [9.17, 15) is 23.5 Å². The van der Waals surface area contributed by atoms with E-state index in [0.29, 0.717) is 49.8 Å². The molecule has 190 valence electrons. The number of aliphatic hydroxyl groups is 1. The van der Waals surface area contributed by atoms with E-state index >= 15 is 0 Å². The molecule has 0 aromatic heterocycles. The van der Waals surface area contributed by atoms with Crippen molar-refractivity contribution in [2.24, 2.45) is 0 Å². The summed E-state index contributed by atoms with van der Waals surface area (Å²) in [5.74, 6) is -1.61. The minimum Gasteiger partial charge on any atom is -0.484 e. The van der Waals surface area contributed by atoms with E-state index < -0.39 is 34.7 Å². The Kier molecular flexibility index (Phi) is 6.47. The van der Waals surface area contributed by atoms with Gasteiger partial charge in [0.15, 0.2) is 6.61 Å². The summed E-state index contributed by atoms with van der Waals surface area (Å²) in [6, 6.07) is 8.39. The maximum absolute atomic E-state index is 14.0. The molecule has 0 unspecified atom stereocenters. The van der Waals surface area contributed by atoms with Gasteiger partial charge in [0.05, 0.1) is 21.7 Å². The molecule has 10 heteroatoms. The third-order valence-electron chi connectivity index (χ3n) is 7.69. The van der Waals surface area contributed by atoms with E-state index in [4.69, 9.17) is 27.9 Å². The van der Waals surface area contributed by atoms with Crippen molar-refractivity contribution in [2.75, 3.05) is 13.2 Å². The highest BCUT2D eigenvalue weighted by Crippen LogP contribution is 2.51. The van der Waals surface area contributed by atoms with Crippen molar-refractivity contribution < 1.29 is 28.2 Å². The second-order valence-electron chi connectivity index (χ2n) is 9.74. The van der Waals surface area contributed by atoms with Gasteiger partial charge in [-0.3, -0.25) is 9.59 Å². The van der Waals surface area contributed by atoms with Crippen LogP contribution in [0.25, 0.3) is 5.57 Å². The van der Waals surface area contributed by atoms with Crippen LogP contribution in [0.5, 0.6) is 5.75 Å². The van der Waals surface area contributed by atoms with Gasteiger partial charge in [-0.1, -0.05) is 29.3 Å². The summed E-state index contributed by atoms with van der Waals surface area (Å²) in [6.07, 6.45) is 3.16. The molecule has 3 fully saturated rings. The standard InChI is InChI=1S/C26H24Cl2F2N2O4/c27-18-3-1-15(9-20(18)29)16-10-24(35)32(13-16)25-5-7-26(8-6-25,22(33)12-25)31-23(34)14-36-17-2-4-19(28)21(30)11-17/h1-4,9-11,22,33H,5-8,12-14H2,(H,31,34)/t22-,25?,26?/m0/s1. The summed E-state index contributed by atoms with van der Waals surface area (Å²) in [4.78, 5) is 27.3. The molecule has 2 N–H and O–H groups in total. The highest BCUT2D eigenvalue weighted by atomic mass is 35.5.